The van der Waals surface area contributed by atoms with Crippen molar-refractivity contribution >= 4 is 17.5 Å². The number of benzene rings is 1. The predicted molar refractivity (Wildman–Crippen MR) is 123 cm³/mol. The van der Waals surface area contributed by atoms with Gasteiger partial charge in [0.1, 0.15) is 0 Å². The molecule has 0 radical (unpaired) electrons. The summed E-state index contributed by atoms with van der Waals surface area (Å²) in [5.41, 5.74) is 2.25. The van der Waals surface area contributed by atoms with E-state index in [1.165, 1.54) is 50.8 Å². The maximum Gasteiger partial charge on any atom is 0.234 e. The van der Waals surface area contributed by atoms with E-state index in [0.717, 1.165) is 37.7 Å². The highest BCUT2D eigenvalue weighted by Crippen LogP contribution is 2.28. The number of nitrogens with one attached hydrogen (secondary N) is 1. The Kier molecular flexibility index (Phi) is 8.74. The third-order valence-corrected chi connectivity index (χ3v) is 6.85. The van der Waals surface area contributed by atoms with Crippen LogP contribution in [0.4, 0.5) is 5.69 Å². The number of rotatable bonds is 5. The standard InChI is InChI=1S/C23H33N3O2.C2H6/c27-22-11-10-21(23(28)24-22)19-6-8-20(9-7-19)26-16-14-25(15-17-26)13-12-18-4-2-1-3-5-18;1-2/h6-9,18,21H,1-5,10-17H2,(H,24,27,28);1-2H3. The lowest BCUT2D eigenvalue weighted by atomic mass is 9.87. The summed E-state index contributed by atoms with van der Waals surface area (Å²) in [6.45, 7) is 9.68. The van der Waals surface area contributed by atoms with Gasteiger partial charge in [0.2, 0.25) is 11.8 Å². The molecule has 0 spiro atoms. The van der Waals surface area contributed by atoms with Crippen LogP contribution >= 0.6 is 0 Å². The molecule has 0 bridgehead atoms. The van der Waals surface area contributed by atoms with Crippen LogP contribution in [0.2, 0.25) is 0 Å². The van der Waals surface area contributed by atoms with Crippen LogP contribution in [-0.4, -0.2) is 49.4 Å². The largest absolute Gasteiger partial charge is 0.369 e. The third-order valence-electron chi connectivity index (χ3n) is 6.85. The number of hydrogen-bond donors (Lipinski definition) is 1. The van der Waals surface area contributed by atoms with Crippen molar-refractivity contribution < 1.29 is 9.59 Å². The summed E-state index contributed by atoms with van der Waals surface area (Å²) < 4.78 is 0. The zero-order chi connectivity index (χ0) is 21.3. The first-order valence-electron chi connectivity index (χ1n) is 12.1. The quantitative estimate of drug-likeness (QED) is 0.730. The van der Waals surface area contributed by atoms with Gasteiger partial charge in [-0.25, -0.2) is 0 Å². The smallest absolute Gasteiger partial charge is 0.234 e. The van der Waals surface area contributed by atoms with Gasteiger partial charge in [-0.1, -0.05) is 58.1 Å². The van der Waals surface area contributed by atoms with E-state index in [-0.39, 0.29) is 17.7 Å². The molecular formula is C25H39N3O2. The van der Waals surface area contributed by atoms with E-state index in [2.05, 4.69) is 39.4 Å². The first-order chi connectivity index (χ1) is 14.7. The molecule has 30 heavy (non-hydrogen) atoms. The molecule has 5 nitrogen and oxygen atoms in total. The highest BCUT2D eigenvalue weighted by Gasteiger charge is 2.28. The van der Waals surface area contributed by atoms with Crippen LogP contribution in [0.5, 0.6) is 0 Å². The number of carbonyl (C=O) groups excluding carboxylic acids is 2. The monoisotopic (exact) mass is 413 g/mol. The summed E-state index contributed by atoms with van der Waals surface area (Å²) in [5, 5.41) is 2.45. The fourth-order valence-corrected chi connectivity index (χ4v) is 5.00. The van der Waals surface area contributed by atoms with E-state index in [1.807, 2.05) is 13.8 Å². The molecule has 1 atom stereocenters. The van der Waals surface area contributed by atoms with Crippen LogP contribution in [-0.2, 0) is 9.59 Å². The maximum atomic E-state index is 12.1. The molecule has 1 saturated carbocycles. The second-order valence-electron chi connectivity index (χ2n) is 8.72. The minimum Gasteiger partial charge on any atom is -0.369 e. The molecular weight excluding hydrogens is 374 g/mol. The average molecular weight is 414 g/mol. The molecule has 2 amide bonds. The summed E-state index contributed by atoms with van der Waals surface area (Å²) in [4.78, 5) is 28.5. The van der Waals surface area contributed by atoms with Gasteiger partial charge in [0, 0.05) is 38.3 Å². The van der Waals surface area contributed by atoms with Gasteiger partial charge < -0.3 is 4.90 Å². The Morgan fingerprint density at radius 1 is 0.900 bits per heavy atom. The number of imide groups is 1. The first kappa shape index (κ1) is 22.8. The average Bonchev–Trinajstić information content (AvgIpc) is 2.80. The van der Waals surface area contributed by atoms with Crippen molar-refractivity contribution in [1.29, 1.82) is 0 Å². The van der Waals surface area contributed by atoms with Crippen LogP contribution in [0.15, 0.2) is 24.3 Å². The van der Waals surface area contributed by atoms with E-state index in [4.69, 9.17) is 0 Å². The SMILES string of the molecule is CC.O=C1CCC(c2ccc(N3CCN(CCC4CCCCC4)CC3)cc2)C(=O)N1. The molecule has 2 heterocycles. The van der Waals surface area contributed by atoms with E-state index in [9.17, 15) is 9.59 Å². The summed E-state index contributed by atoms with van der Waals surface area (Å²) >= 11 is 0. The summed E-state index contributed by atoms with van der Waals surface area (Å²) in [6.07, 6.45) is 9.63. The number of nitrogens with zero attached hydrogens (tertiary/aromatic N) is 2. The lowest BCUT2D eigenvalue weighted by molar-refractivity contribution is -0.134. The molecule has 1 N–H and O–H groups in total. The van der Waals surface area contributed by atoms with Crippen LogP contribution in [0.1, 0.15) is 76.7 Å². The molecule has 166 valence electrons. The Labute approximate surface area is 182 Å². The molecule has 3 aliphatic rings. The van der Waals surface area contributed by atoms with Gasteiger partial charge in [0.05, 0.1) is 5.92 Å². The lowest BCUT2D eigenvalue weighted by Crippen LogP contribution is -2.47. The van der Waals surface area contributed by atoms with E-state index >= 15 is 0 Å². The van der Waals surface area contributed by atoms with Crippen LogP contribution in [0, 0.1) is 5.92 Å². The van der Waals surface area contributed by atoms with Gasteiger partial charge in [-0.05, 0) is 43.0 Å². The molecule has 0 aromatic heterocycles. The molecule has 2 aliphatic heterocycles. The number of piperidine rings is 1. The fraction of sp³-hybridized carbons (Fsp3) is 0.680. The minimum atomic E-state index is -0.191. The first-order valence-corrected chi connectivity index (χ1v) is 12.1. The Hall–Kier alpha value is -1.88. The second-order valence-corrected chi connectivity index (χ2v) is 8.72. The molecule has 1 aliphatic carbocycles. The Balaban J connectivity index is 0.00000124. The number of hydrogen-bond acceptors (Lipinski definition) is 4. The van der Waals surface area contributed by atoms with Crippen molar-refractivity contribution in [2.45, 2.75) is 71.1 Å². The number of carbonyl (C=O) groups is 2. The van der Waals surface area contributed by atoms with Gasteiger partial charge in [0.15, 0.2) is 0 Å². The normalized spacial score (nSPS) is 23.5. The minimum absolute atomic E-state index is 0.153. The van der Waals surface area contributed by atoms with E-state index in [1.54, 1.807) is 0 Å². The highest BCUT2D eigenvalue weighted by atomic mass is 16.2. The van der Waals surface area contributed by atoms with Crippen molar-refractivity contribution in [3.8, 4) is 0 Å². The predicted octanol–water partition coefficient (Wildman–Crippen LogP) is 4.33. The second kappa shape index (κ2) is 11.5. The van der Waals surface area contributed by atoms with Crippen molar-refractivity contribution in [1.82, 2.24) is 10.2 Å². The van der Waals surface area contributed by atoms with E-state index in [0.29, 0.717) is 12.8 Å². The van der Waals surface area contributed by atoms with Gasteiger partial charge in [0.25, 0.3) is 0 Å². The maximum absolute atomic E-state index is 12.1. The molecule has 2 saturated heterocycles. The zero-order valence-electron chi connectivity index (χ0n) is 18.9. The Bertz CT molecular complexity index is 674. The van der Waals surface area contributed by atoms with Gasteiger partial charge in [-0.15, -0.1) is 0 Å². The molecule has 1 aromatic carbocycles. The number of anilines is 1. The van der Waals surface area contributed by atoms with Crippen LogP contribution in [0.3, 0.4) is 0 Å². The summed E-state index contributed by atoms with van der Waals surface area (Å²) in [7, 11) is 0. The lowest BCUT2D eigenvalue weighted by Gasteiger charge is -2.37. The van der Waals surface area contributed by atoms with Crippen molar-refractivity contribution in [3.63, 3.8) is 0 Å². The topological polar surface area (TPSA) is 52.7 Å². The Morgan fingerprint density at radius 2 is 1.57 bits per heavy atom. The zero-order valence-corrected chi connectivity index (χ0v) is 18.9. The molecule has 3 fully saturated rings. The molecule has 1 unspecified atom stereocenters. The van der Waals surface area contributed by atoms with Crippen molar-refractivity contribution in [2.75, 3.05) is 37.6 Å². The molecule has 4 rings (SSSR count). The van der Waals surface area contributed by atoms with E-state index < -0.39 is 0 Å². The summed E-state index contributed by atoms with van der Waals surface area (Å²) in [5.74, 6) is 0.463. The third kappa shape index (κ3) is 6.07. The summed E-state index contributed by atoms with van der Waals surface area (Å²) in [6, 6.07) is 8.39. The van der Waals surface area contributed by atoms with Crippen molar-refractivity contribution in [2.24, 2.45) is 5.92 Å². The van der Waals surface area contributed by atoms with Crippen LogP contribution < -0.4 is 10.2 Å². The highest BCUT2D eigenvalue weighted by molar-refractivity contribution is 6.00. The fourth-order valence-electron chi connectivity index (χ4n) is 5.00. The van der Waals surface area contributed by atoms with Gasteiger partial charge in [-0.3, -0.25) is 19.8 Å². The Morgan fingerprint density at radius 3 is 2.20 bits per heavy atom. The van der Waals surface area contributed by atoms with Crippen molar-refractivity contribution in [3.05, 3.63) is 29.8 Å². The van der Waals surface area contributed by atoms with Gasteiger partial charge in [-0.2, -0.15) is 0 Å². The molecule has 5 heteroatoms. The molecule has 1 aromatic rings. The van der Waals surface area contributed by atoms with Crippen LogP contribution in [0.25, 0.3) is 0 Å². The number of piperazine rings is 1. The number of amides is 2. The van der Waals surface area contributed by atoms with Gasteiger partial charge >= 0.3 is 0 Å².